The number of benzene rings is 10. The molecular weight excluding hydrogens is 1170 g/mol. The van der Waals surface area contributed by atoms with Crippen molar-refractivity contribution in [3.8, 4) is 16.9 Å². The SMILES string of the molecule is CCC(C)(C)C(=O)OCCCc1ccc(N(c2ccc(C)cc2)c2ccc(C)cc2)cc1.CCC(C)C(=O)OCCCc1ccccc1N(c1ccc(C)cc1)c1ccc(C)cc1.CCC(C)C(=O)Oc1ccc(-c2ccc(N(c3ccccc3)c3ccccc3)cc2)cc1. The molecule has 0 saturated heterocycles. The van der Waals surface area contributed by atoms with Crippen LogP contribution in [-0.4, -0.2) is 31.1 Å². The zero-order valence-corrected chi connectivity index (χ0v) is 57.6. The normalized spacial score (nSPS) is 11.5. The van der Waals surface area contributed by atoms with Crippen LogP contribution in [0.2, 0.25) is 0 Å². The quantitative estimate of drug-likeness (QED) is 0.0315. The fourth-order valence-corrected chi connectivity index (χ4v) is 10.4. The lowest BCUT2D eigenvalue weighted by Crippen LogP contribution is -2.26. The van der Waals surface area contributed by atoms with Crippen molar-refractivity contribution in [2.45, 2.75) is 121 Å². The molecule has 10 aromatic rings. The number of nitrogens with zero attached hydrogens (tertiary/aromatic N) is 3. The van der Waals surface area contributed by atoms with E-state index in [1.807, 2.05) is 84.9 Å². The van der Waals surface area contributed by atoms with Crippen LogP contribution in [0.1, 0.15) is 114 Å². The number of rotatable bonds is 25. The van der Waals surface area contributed by atoms with Gasteiger partial charge in [0.05, 0.1) is 30.5 Å². The van der Waals surface area contributed by atoms with Crippen LogP contribution in [-0.2, 0) is 36.7 Å². The minimum Gasteiger partial charge on any atom is -0.465 e. The molecule has 10 rings (SSSR count). The van der Waals surface area contributed by atoms with Crippen LogP contribution in [0.4, 0.5) is 51.2 Å². The molecule has 0 fully saturated rings. The third-order valence-corrected chi connectivity index (χ3v) is 17.3. The van der Waals surface area contributed by atoms with Crippen LogP contribution in [0.3, 0.4) is 0 Å². The van der Waals surface area contributed by atoms with Crippen molar-refractivity contribution in [2.24, 2.45) is 17.3 Å². The molecule has 9 heteroatoms. The van der Waals surface area contributed by atoms with Gasteiger partial charge in [-0.1, -0.05) is 196 Å². The first-order valence-electron chi connectivity index (χ1n) is 33.6. The third-order valence-electron chi connectivity index (χ3n) is 17.3. The molecule has 490 valence electrons. The van der Waals surface area contributed by atoms with E-state index in [1.165, 1.54) is 33.4 Å². The predicted molar refractivity (Wildman–Crippen MR) is 395 cm³/mol. The second kappa shape index (κ2) is 35.3. The molecule has 95 heavy (non-hydrogen) atoms. The molecule has 0 N–H and O–H groups in total. The Bertz CT molecular complexity index is 3820. The maximum atomic E-state index is 12.1. The van der Waals surface area contributed by atoms with Crippen molar-refractivity contribution in [1.29, 1.82) is 0 Å². The van der Waals surface area contributed by atoms with E-state index in [4.69, 9.17) is 14.2 Å². The molecule has 0 spiro atoms. The van der Waals surface area contributed by atoms with Crippen LogP contribution in [0.25, 0.3) is 11.1 Å². The first-order valence-corrected chi connectivity index (χ1v) is 33.6. The van der Waals surface area contributed by atoms with Gasteiger partial charge in [0.25, 0.3) is 0 Å². The number of carbonyl (C=O) groups is 3. The van der Waals surface area contributed by atoms with E-state index in [0.717, 1.165) is 107 Å². The van der Waals surface area contributed by atoms with Crippen LogP contribution in [0.15, 0.2) is 255 Å². The minimum atomic E-state index is -0.406. The molecule has 0 aliphatic heterocycles. The van der Waals surface area contributed by atoms with E-state index in [0.29, 0.717) is 19.0 Å². The lowest BCUT2D eigenvalue weighted by Gasteiger charge is -2.28. The zero-order valence-electron chi connectivity index (χ0n) is 57.6. The molecule has 0 aliphatic rings. The average Bonchev–Trinajstić information content (AvgIpc) is 1.86. The molecule has 0 radical (unpaired) electrons. The Kier molecular flexibility index (Phi) is 26.4. The summed E-state index contributed by atoms with van der Waals surface area (Å²) < 4.78 is 16.4. The highest BCUT2D eigenvalue weighted by molar-refractivity contribution is 5.82. The number of esters is 3. The molecule has 2 unspecified atom stereocenters. The van der Waals surface area contributed by atoms with E-state index in [9.17, 15) is 14.4 Å². The Labute approximate surface area is 566 Å². The lowest BCUT2D eigenvalue weighted by atomic mass is 9.91. The summed E-state index contributed by atoms with van der Waals surface area (Å²) in [5, 5.41) is 0. The molecular formula is C86H95N3O6. The van der Waals surface area contributed by atoms with Crippen molar-refractivity contribution in [2.75, 3.05) is 27.9 Å². The van der Waals surface area contributed by atoms with Gasteiger partial charge in [0.2, 0.25) is 0 Å². The Balaban J connectivity index is 0.000000183. The minimum absolute atomic E-state index is 0.0362. The second-order valence-corrected chi connectivity index (χ2v) is 25.2. The Hall–Kier alpha value is -9.99. The van der Waals surface area contributed by atoms with Gasteiger partial charge < -0.3 is 28.9 Å². The summed E-state index contributed by atoms with van der Waals surface area (Å²) >= 11 is 0. The van der Waals surface area contributed by atoms with Gasteiger partial charge in [0.1, 0.15) is 5.75 Å². The monoisotopic (exact) mass is 1270 g/mol. The van der Waals surface area contributed by atoms with Crippen LogP contribution in [0.5, 0.6) is 5.75 Å². The highest BCUT2D eigenvalue weighted by atomic mass is 16.5. The summed E-state index contributed by atoms with van der Waals surface area (Å²) in [6.07, 6.45) is 5.72. The number of para-hydroxylation sites is 3. The number of hydrogen-bond acceptors (Lipinski definition) is 9. The summed E-state index contributed by atoms with van der Waals surface area (Å²) in [6.45, 7) is 23.0. The standard InChI is InChI=1S/C29H27NO2.C29H35NO2.C28H33NO2/c1-3-22(2)29(31)32-28-20-16-24(17-21-28)23-14-18-27(19-15-23)30(25-10-6-4-7-11-25)26-12-8-5-9-13-26;1-6-29(4,5)28(31)32-21-7-8-24-13-19-27(20-14-24)30(25-15-9-22(2)10-16-25)26-17-11-23(3)12-18-26;1-5-23(4)28(30)31-20-8-10-24-9-6-7-11-27(24)29(25-16-12-21(2)13-17-25)26-18-14-22(3)15-19-26/h4-22H,3H2,1-2H3;9-20H,6-8,21H2,1-5H3;6-7,9,11-19,23H,5,8,10,20H2,1-4H3. The van der Waals surface area contributed by atoms with Crippen LogP contribution < -0.4 is 19.4 Å². The molecule has 9 nitrogen and oxygen atoms in total. The average molecular weight is 1270 g/mol. The topological polar surface area (TPSA) is 88.6 Å². The Morgan fingerprint density at radius 1 is 0.379 bits per heavy atom. The molecule has 10 aromatic carbocycles. The highest BCUT2D eigenvalue weighted by Gasteiger charge is 2.27. The summed E-state index contributed by atoms with van der Waals surface area (Å²) in [5.74, 6) is 0.0469. The molecule has 0 aliphatic carbocycles. The fraction of sp³-hybridized carbons (Fsp3) is 0.267. The summed E-state index contributed by atoms with van der Waals surface area (Å²) in [6, 6.07) is 88.5. The van der Waals surface area contributed by atoms with Gasteiger partial charge in [-0.25, -0.2) is 0 Å². The predicted octanol–water partition coefficient (Wildman–Crippen LogP) is 22.8. The molecule has 0 heterocycles. The molecule has 0 saturated carbocycles. The van der Waals surface area contributed by atoms with E-state index in [1.54, 1.807) is 0 Å². The van der Waals surface area contributed by atoms with Crippen LogP contribution >= 0.6 is 0 Å². The molecule has 0 bridgehead atoms. The smallest absolute Gasteiger partial charge is 0.314 e. The van der Waals surface area contributed by atoms with E-state index >= 15 is 0 Å². The van der Waals surface area contributed by atoms with Gasteiger partial charge in [-0.3, -0.25) is 14.4 Å². The van der Waals surface area contributed by atoms with Crippen molar-refractivity contribution < 1.29 is 28.6 Å². The summed E-state index contributed by atoms with van der Waals surface area (Å²) in [5.41, 5.74) is 19.3. The molecule has 0 amide bonds. The number of anilines is 9. The van der Waals surface area contributed by atoms with Crippen LogP contribution in [0, 0.1) is 44.9 Å². The molecule has 0 aromatic heterocycles. The highest BCUT2D eigenvalue weighted by Crippen LogP contribution is 2.40. The van der Waals surface area contributed by atoms with E-state index in [-0.39, 0.29) is 29.7 Å². The Morgan fingerprint density at radius 3 is 1.16 bits per heavy atom. The third kappa shape index (κ3) is 20.5. The van der Waals surface area contributed by atoms with E-state index in [2.05, 4.69) is 261 Å². The van der Waals surface area contributed by atoms with Gasteiger partial charge in [-0.2, -0.15) is 0 Å². The Morgan fingerprint density at radius 2 is 0.726 bits per heavy atom. The number of hydrogen-bond donors (Lipinski definition) is 0. The van der Waals surface area contributed by atoms with Crippen molar-refractivity contribution in [3.63, 3.8) is 0 Å². The maximum Gasteiger partial charge on any atom is 0.314 e. The first kappa shape index (κ1) is 70.9. The fourth-order valence-electron chi connectivity index (χ4n) is 10.4. The van der Waals surface area contributed by atoms with Gasteiger partial charge in [0.15, 0.2) is 0 Å². The lowest BCUT2D eigenvalue weighted by molar-refractivity contribution is -0.154. The zero-order chi connectivity index (χ0) is 67.7. The molecule has 2 atom stereocenters. The maximum absolute atomic E-state index is 12.1. The number of ether oxygens (including phenoxy) is 3. The van der Waals surface area contributed by atoms with Crippen molar-refractivity contribution in [3.05, 3.63) is 288 Å². The first-order chi connectivity index (χ1) is 45.9. The van der Waals surface area contributed by atoms with Gasteiger partial charge in [0, 0.05) is 51.2 Å². The summed E-state index contributed by atoms with van der Waals surface area (Å²) in [4.78, 5) is 42.9. The summed E-state index contributed by atoms with van der Waals surface area (Å²) in [7, 11) is 0. The number of aryl methyl sites for hydroxylation is 6. The largest absolute Gasteiger partial charge is 0.465 e. The van der Waals surface area contributed by atoms with Gasteiger partial charge >= 0.3 is 17.9 Å². The van der Waals surface area contributed by atoms with Crippen molar-refractivity contribution in [1.82, 2.24) is 0 Å². The number of carbonyl (C=O) groups excluding carboxylic acids is 3. The second-order valence-electron chi connectivity index (χ2n) is 25.2. The van der Waals surface area contributed by atoms with Gasteiger partial charge in [-0.15, -0.1) is 0 Å². The van der Waals surface area contributed by atoms with Gasteiger partial charge in [-0.05, 0) is 224 Å². The van der Waals surface area contributed by atoms with E-state index < -0.39 is 5.41 Å². The van der Waals surface area contributed by atoms with Crippen molar-refractivity contribution >= 4 is 69.1 Å².